The molecule has 0 spiro atoms. The van der Waals surface area contributed by atoms with Crippen molar-refractivity contribution in [1.82, 2.24) is 58.5 Å². The van der Waals surface area contributed by atoms with Gasteiger partial charge in [-0.2, -0.15) is 23.5 Å². The molecule has 0 aromatic heterocycles. The maximum Gasteiger partial charge on any atom is 0.305 e. The molecule has 35 heteroatoms. The van der Waals surface area contributed by atoms with Crippen LogP contribution in [0.4, 0.5) is 0 Å². The monoisotopic (exact) mass is 1370 g/mol. The molecule has 93 heavy (non-hydrogen) atoms. The van der Waals surface area contributed by atoms with Crippen molar-refractivity contribution in [2.24, 2.45) is 17.2 Å². The van der Waals surface area contributed by atoms with E-state index in [1.807, 2.05) is 41.5 Å². The molecule has 1 fully saturated rings. The van der Waals surface area contributed by atoms with Gasteiger partial charge in [-0.05, 0) is 44.2 Å². The molecule has 2 rings (SSSR count). The first-order valence-electron chi connectivity index (χ1n) is 30.4. The average Bonchev–Trinajstić information content (AvgIpc) is 1.35. The number of nitrogens with two attached hydrogens (primary N) is 3. The number of carboxylic acids is 1. The minimum atomic E-state index is -1.82. The first-order chi connectivity index (χ1) is 44.0. The molecule has 524 valence electrons. The summed E-state index contributed by atoms with van der Waals surface area (Å²) < 4.78 is 20.5. The van der Waals surface area contributed by atoms with Gasteiger partial charge >= 0.3 is 5.97 Å². The van der Waals surface area contributed by atoms with E-state index in [4.69, 9.17) is 41.6 Å². The Morgan fingerprint density at radius 3 is 1.66 bits per heavy atom. The molecule has 11 amide bonds. The van der Waals surface area contributed by atoms with E-state index in [0.717, 1.165) is 11.8 Å². The molecule has 1 aliphatic rings. The van der Waals surface area contributed by atoms with Gasteiger partial charge in [0.2, 0.25) is 65.0 Å². The first-order valence-corrected chi connectivity index (χ1v) is 33.5. The molecule has 0 bridgehead atoms. The normalized spacial score (nSPS) is 20.6. The standard InChI is InChI=1S/C58H97N15O17S3/c1-57(2,3)92-33-42-54(85)69-37(16-12-18-65-56(61)62)49(80)66-29-45(75)68-40(28-48(78)79)53(84)73-43(34-93-58(4,5)6)55(86)70-39(27-36-13-8-7-9-14-36)52(83)71-41(32-91-35-47(77)67-38(51(82)72-42)15-10-11-17-59)50(81)64-20-22-88-24-26-89-25-23-87-21-19-63-46(76)31-90-30-44(60)74/h7-9,13-14,37-43H,10-12,15-35,59H2,1-6H3,(H2,60,74)(H,63,76)(H,64,81)(H,66,80)(H,67,77)(H,68,75)(H,69,85)(H,70,86)(H,71,83)(H,72,82)(H,73,84)(H,78,79)(H4,61,62,65)/t37-,38-,39-,40-,41-,42-,43-/m0/s1. The summed E-state index contributed by atoms with van der Waals surface area (Å²) in [5.41, 5.74) is 16.8. The van der Waals surface area contributed by atoms with Crippen LogP contribution in [-0.4, -0.2) is 242 Å². The Morgan fingerprint density at radius 1 is 0.591 bits per heavy atom. The zero-order valence-corrected chi connectivity index (χ0v) is 56.3. The van der Waals surface area contributed by atoms with Gasteiger partial charge in [-0.25, -0.2) is 0 Å². The van der Waals surface area contributed by atoms with Gasteiger partial charge in [-0.3, -0.25) is 62.9 Å². The predicted molar refractivity (Wildman–Crippen MR) is 351 cm³/mol. The average molecular weight is 1370 g/mol. The van der Waals surface area contributed by atoms with E-state index >= 15 is 0 Å². The fraction of sp³-hybridized carbons (Fsp3) is 0.672. The molecular formula is C58H97N15O17S3. The molecule has 0 radical (unpaired) electrons. The molecule has 1 heterocycles. The second kappa shape index (κ2) is 45.3. The summed E-state index contributed by atoms with van der Waals surface area (Å²) in [6, 6.07) is -1.48. The largest absolute Gasteiger partial charge is 0.481 e. The van der Waals surface area contributed by atoms with Crippen LogP contribution in [0.5, 0.6) is 0 Å². The Balaban J connectivity index is 2.59. The number of carbonyl (C=O) groups excluding carboxylic acids is 11. The second-order valence-corrected chi connectivity index (χ2v) is 27.8. The number of thioether (sulfide) groups is 3. The van der Waals surface area contributed by atoms with Gasteiger partial charge in [0.1, 0.15) is 55.5 Å². The zero-order chi connectivity index (χ0) is 69.4. The van der Waals surface area contributed by atoms with Crippen LogP contribution in [0.15, 0.2) is 30.3 Å². The Kier molecular flexibility index (Phi) is 40.0. The SMILES string of the molecule is CC(C)(C)SC[C@@H]1NC(=O)[C@H](CCCCN)NC(=O)CSC[C@@H](C(=O)NCCOCCOCCOCCNC(=O)COCC(N)=O)NC(=O)[C@H](Cc2ccccc2)NC(=O)[C@H](CSC(C)(C)C)NC(=O)[C@H](CC(=O)O)NC(=O)CNC(=O)[C@H](CCCNC(=N)N)NC1=O. The summed E-state index contributed by atoms with van der Waals surface area (Å²) in [6.45, 7) is 11.0. The number of guanidine groups is 1. The Morgan fingerprint density at radius 2 is 1.10 bits per heavy atom. The highest BCUT2D eigenvalue weighted by atomic mass is 32.2. The molecule has 1 saturated heterocycles. The lowest BCUT2D eigenvalue weighted by Crippen LogP contribution is -2.60. The van der Waals surface area contributed by atoms with Crippen LogP contribution < -0.4 is 75.7 Å². The smallest absolute Gasteiger partial charge is 0.305 e. The number of rotatable bonds is 33. The van der Waals surface area contributed by atoms with E-state index < -0.39 is 136 Å². The number of benzene rings is 1. The third-order valence-electron chi connectivity index (χ3n) is 12.7. The highest BCUT2D eigenvalue weighted by Gasteiger charge is 2.35. The summed E-state index contributed by atoms with van der Waals surface area (Å²) in [4.78, 5) is 162. The number of primary amides is 1. The van der Waals surface area contributed by atoms with E-state index in [1.54, 1.807) is 30.3 Å². The van der Waals surface area contributed by atoms with Crippen LogP contribution in [0.1, 0.15) is 85.6 Å². The molecule has 1 aromatic rings. The van der Waals surface area contributed by atoms with Crippen molar-refractivity contribution in [1.29, 1.82) is 5.41 Å². The van der Waals surface area contributed by atoms with Crippen molar-refractivity contribution >= 4 is 112 Å². The number of nitrogens with one attached hydrogen (secondary N) is 12. The fourth-order valence-corrected chi connectivity index (χ4v) is 10.8. The van der Waals surface area contributed by atoms with Gasteiger partial charge in [0.05, 0.1) is 58.4 Å². The van der Waals surface area contributed by atoms with Crippen molar-refractivity contribution in [2.75, 3.05) is 109 Å². The molecule has 0 saturated carbocycles. The molecule has 0 unspecified atom stereocenters. The number of unbranched alkanes of at least 4 members (excludes halogenated alkanes) is 1. The fourth-order valence-electron chi connectivity index (χ4n) is 8.09. The predicted octanol–water partition coefficient (Wildman–Crippen LogP) is -3.80. The number of carboxylic acid groups (broad SMARTS) is 1. The lowest BCUT2D eigenvalue weighted by atomic mass is 10.0. The Labute approximate surface area is 555 Å². The van der Waals surface area contributed by atoms with Gasteiger partial charge in [0.15, 0.2) is 5.96 Å². The number of carbonyl (C=O) groups is 12. The van der Waals surface area contributed by atoms with Crippen LogP contribution in [0.25, 0.3) is 0 Å². The van der Waals surface area contributed by atoms with Crippen molar-refractivity contribution in [3.05, 3.63) is 35.9 Å². The number of hydrogen-bond acceptors (Lipinski definition) is 21. The number of aliphatic carboxylic acids is 1. The van der Waals surface area contributed by atoms with Gasteiger partial charge in [0.25, 0.3) is 0 Å². The highest BCUT2D eigenvalue weighted by Crippen LogP contribution is 2.25. The summed E-state index contributed by atoms with van der Waals surface area (Å²) in [5, 5.41) is 46.2. The maximum absolute atomic E-state index is 14.7. The van der Waals surface area contributed by atoms with E-state index in [0.29, 0.717) is 18.4 Å². The van der Waals surface area contributed by atoms with Crippen LogP contribution in [0.2, 0.25) is 0 Å². The summed E-state index contributed by atoms with van der Waals surface area (Å²) in [5.74, 6) is -11.5. The van der Waals surface area contributed by atoms with E-state index in [2.05, 4.69) is 58.5 Å². The van der Waals surface area contributed by atoms with E-state index in [9.17, 15) is 62.6 Å². The number of ether oxygens (including phenoxy) is 4. The highest BCUT2D eigenvalue weighted by molar-refractivity contribution is 8.01. The van der Waals surface area contributed by atoms with Gasteiger partial charge in [-0.1, -0.05) is 71.9 Å². The molecule has 19 N–H and O–H groups in total. The zero-order valence-electron chi connectivity index (χ0n) is 53.8. The Hall–Kier alpha value is -7.02. The summed E-state index contributed by atoms with van der Waals surface area (Å²) in [7, 11) is 0. The second-order valence-electron chi connectivity index (χ2n) is 23.1. The van der Waals surface area contributed by atoms with Gasteiger partial charge in [0, 0.05) is 52.8 Å². The van der Waals surface area contributed by atoms with Crippen molar-refractivity contribution < 1.29 is 81.6 Å². The molecule has 0 aliphatic carbocycles. The summed E-state index contributed by atoms with van der Waals surface area (Å²) >= 11 is 3.49. The number of hydrogen-bond donors (Lipinski definition) is 16. The lowest BCUT2D eigenvalue weighted by Gasteiger charge is -2.28. The molecule has 7 atom stereocenters. The topological polar surface area (TPSA) is 496 Å². The molecular weight excluding hydrogens is 1270 g/mol. The lowest BCUT2D eigenvalue weighted by molar-refractivity contribution is -0.141. The van der Waals surface area contributed by atoms with Crippen molar-refractivity contribution in [3.8, 4) is 0 Å². The van der Waals surface area contributed by atoms with Crippen molar-refractivity contribution in [2.45, 2.75) is 138 Å². The molecule has 1 aliphatic heterocycles. The van der Waals surface area contributed by atoms with Crippen LogP contribution in [-0.2, 0) is 82.9 Å². The molecule has 1 aromatic carbocycles. The summed E-state index contributed by atoms with van der Waals surface area (Å²) in [6.07, 6.45) is -0.128. The van der Waals surface area contributed by atoms with Gasteiger partial charge < -0.3 is 99.7 Å². The van der Waals surface area contributed by atoms with E-state index in [1.165, 1.54) is 23.5 Å². The molecule has 32 nitrogen and oxygen atoms in total. The van der Waals surface area contributed by atoms with Crippen LogP contribution in [0.3, 0.4) is 0 Å². The quantitative estimate of drug-likeness (QED) is 0.0182. The third kappa shape index (κ3) is 39.3. The Bertz CT molecular complexity index is 2590. The van der Waals surface area contributed by atoms with E-state index in [-0.39, 0.29) is 134 Å². The first kappa shape index (κ1) is 82.1. The minimum absolute atomic E-state index is 0.00536. The third-order valence-corrected chi connectivity index (χ3v) is 16.5. The van der Waals surface area contributed by atoms with Crippen molar-refractivity contribution in [3.63, 3.8) is 0 Å². The number of amides is 11. The van der Waals surface area contributed by atoms with Crippen LogP contribution in [0, 0.1) is 5.41 Å². The maximum atomic E-state index is 14.7. The van der Waals surface area contributed by atoms with Crippen LogP contribution >= 0.6 is 35.3 Å². The minimum Gasteiger partial charge on any atom is -0.481 e. The van der Waals surface area contributed by atoms with Gasteiger partial charge in [-0.15, -0.1) is 11.8 Å².